The minimum absolute atomic E-state index is 0. The van der Waals surface area contributed by atoms with Crippen molar-refractivity contribution in [2.24, 2.45) is 10.7 Å². The molecule has 0 aliphatic carbocycles. The van der Waals surface area contributed by atoms with E-state index in [0.29, 0.717) is 19.1 Å². The molecule has 1 rings (SSSR count). The Hall–Kier alpha value is -1.09. The number of hydrogen-bond donors (Lipinski definition) is 2. The van der Waals surface area contributed by atoms with E-state index in [1.54, 1.807) is 20.4 Å². The van der Waals surface area contributed by atoms with Crippen molar-refractivity contribution in [3.63, 3.8) is 0 Å². The first-order chi connectivity index (χ1) is 9.49. The number of aryl methyl sites for hydroxylation is 1. The number of rotatable bonds is 6. The predicted octanol–water partition coefficient (Wildman–Crippen LogP) is 1.76. The Morgan fingerprint density at radius 2 is 2.10 bits per heavy atom. The fraction of sp³-hybridized carbons (Fsp3) is 0.571. The van der Waals surface area contributed by atoms with E-state index < -0.39 is 0 Å². The molecule has 0 amide bonds. The second-order valence-corrected chi connectivity index (χ2v) is 4.75. The Morgan fingerprint density at radius 1 is 1.43 bits per heavy atom. The van der Waals surface area contributed by atoms with Gasteiger partial charge in [0.1, 0.15) is 5.75 Å². The zero-order chi connectivity index (χ0) is 15.1. The molecule has 1 aromatic rings. The molecule has 0 saturated heterocycles. The highest BCUT2D eigenvalue weighted by atomic mass is 127. The molecule has 3 N–H and O–H groups in total. The zero-order valence-electron chi connectivity index (χ0n) is 13.3. The Labute approximate surface area is 143 Å². The van der Waals surface area contributed by atoms with Crippen LogP contribution in [0.1, 0.15) is 23.7 Å². The molecule has 0 radical (unpaired) electrons. The molecule has 7 heteroatoms. The molecule has 21 heavy (non-hydrogen) atoms. The number of halogens is 1. The van der Waals surface area contributed by atoms with Gasteiger partial charge in [0.05, 0.1) is 26.0 Å². The van der Waals surface area contributed by atoms with Crippen molar-refractivity contribution >= 4 is 29.9 Å². The maximum atomic E-state index is 5.83. The van der Waals surface area contributed by atoms with Gasteiger partial charge in [-0.2, -0.15) is 0 Å². The monoisotopic (exact) mass is 408 g/mol. The molecular weight excluding hydrogens is 383 g/mol. The molecule has 0 spiro atoms. The molecule has 0 fully saturated rings. The van der Waals surface area contributed by atoms with E-state index in [2.05, 4.69) is 15.3 Å². The first kappa shape index (κ1) is 19.9. The van der Waals surface area contributed by atoms with Crippen LogP contribution in [0.3, 0.4) is 0 Å². The van der Waals surface area contributed by atoms with Crippen LogP contribution in [0.2, 0.25) is 0 Å². The van der Waals surface area contributed by atoms with Crippen LogP contribution in [0.25, 0.3) is 0 Å². The summed E-state index contributed by atoms with van der Waals surface area (Å²) in [5.41, 5.74) is 8.69. The smallest absolute Gasteiger partial charge is 0.189 e. The van der Waals surface area contributed by atoms with E-state index in [0.717, 1.165) is 22.6 Å². The summed E-state index contributed by atoms with van der Waals surface area (Å²) >= 11 is 0. The third-order valence-corrected chi connectivity index (χ3v) is 2.96. The molecular formula is C14H25IN4O2. The molecule has 0 bridgehead atoms. The van der Waals surface area contributed by atoms with E-state index in [1.165, 1.54) is 0 Å². The molecule has 1 atom stereocenters. The second-order valence-electron chi connectivity index (χ2n) is 4.75. The standard InChI is InChI=1S/C14H24N4O2.HI/c1-9-6-16-12(11(3)13(9)20-5)7-17-14(15)18-10(2)8-19-4;/h6,10H,7-8H2,1-5H3,(H3,15,17,18);1H. The maximum absolute atomic E-state index is 5.83. The van der Waals surface area contributed by atoms with Gasteiger partial charge in [-0.1, -0.05) is 0 Å². The summed E-state index contributed by atoms with van der Waals surface area (Å²) in [6.07, 6.45) is 1.79. The summed E-state index contributed by atoms with van der Waals surface area (Å²) in [7, 11) is 3.31. The number of nitrogens with one attached hydrogen (secondary N) is 1. The van der Waals surface area contributed by atoms with Gasteiger partial charge in [0.2, 0.25) is 0 Å². The van der Waals surface area contributed by atoms with Crippen LogP contribution in [0, 0.1) is 13.8 Å². The Bertz CT molecular complexity index is 480. The van der Waals surface area contributed by atoms with Crippen LogP contribution >= 0.6 is 24.0 Å². The lowest BCUT2D eigenvalue weighted by molar-refractivity contribution is 0.179. The van der Waals surface area contributed by atoms with Crippen LogP contribution < -0.4 is 15.8 Å². The summed E-state index contributed by atoms with van der Waals surface area (Å²) in [5.74, 6) is 1.24. The van der Waals surface area contributed by atoms with Crippen LogP contribution in [-0.2, 0) is 11.3 Å². The topological polar surface area (TPSA) is 81.8 Å². The average Bonchev–Trinajstić information content (AvgIpc) is 2.38. The minimum atomic E-state index is 0. The second kappa shape index (κ2) is 9.78. The van der Waals surface area contributed by atoms with Gasteiger partial charge in [-0.3, -0.25) is 4.98 Å². The molecule has 0 aromatic carbocycles. The largest absolute Gasteiger partial charge is 0.496 e. The number of ether oxygens (including phenoxy) is 2. The maximum Gasteiger partial charge on any atom is 0.189 e. The normalized spacial score (nSPS) is 12.5. The Balaban J connectivity index is 0.00000400. The summed E-state index contributed by atoms with van der Waals surface area (Å²) < 4.78 is 10.4. The van der Waals surface area contributed by atoms with E-state index in [9.17, 15) is 0 Å². The van der Waals surface area contributed by atoms with Crippen molar-refractivity contribution in [3.8, 4) is 5.75 Å². The highest BCUT2D eigenvalue weighted by Crippen LogP contribution is 2.24. The molecule has 0 aliphatic rings. The van der Waals surface area contributed by atoms with Crippen molar-refractivity contribution in [1.29, 1.82) is 0 Å². The number of nitrogens with two attached hydrogens (primary N) is 1. The summed E-state index contributed by atoms with van der Waals surface area (Å²) in [4.78, 5) is 8.67. The van der Waals surface area contributed by atoms with Gasteiger partial charge < -0.3 is 20.5 Å². The van der Waals surface area contributed by atoms with Gasteiger partial charge in [-0.05, 0) is 20.8 Å². The zero-order valence-corrected chi connectivity index (χ0v) is 15.6. The fourth-order valence-electron chi connectivity index (χ4n) is 1.98. The number of aromatic nitrogens is 1. The predicted molar refractivity (Wildman–Crippen MR) is 95.5 cm³/mol. The third-order valence-electron chi connectivity index (χ3n) is 2.96. The lowest BCUT2D eigenvalue weighted by atomic mass is 10.1. The third kappa shape index (κ3) is 6.04. The van der Waals surface area contributed by atoms with Gasteiger partial charge in [0.25, 0.3) is 0 Å². The Morgan fingerprint density at radius 3 is 2.67 bits per heavy atom. The molecule has 1 aromatic heterocycles. The van der Waals surface area contributed by atoms with Gasteiger partial charge in [-0.15, -0.1) is 24.0 Å². The van der Waals surface area contributed by atoms with E-state index in [-0.39, 0.29) is 30.0 Å². The molecule has 6 nitrogen and oxygen atoms in total. The highest BCUT2D eigenvalue weighted by molar-refractivity contribution is 14.0. The lowest BCUT2D eigenvalue weighted by Crippen LogP contribution is -2.40. The number of methoxy groups -OCH3 is 2. The van der Waals surface area contributed by atoms with Crippen molar-refractivity contribution in [1.82, 2.24) is 10.3 Å². The number of aliphatic imine (C=N–C) groups is 1. The fourth-order valence-corrected chi connectivity index (χ4v) is 1.98. The number of pyridine rings is 1. The van der Waals surface area contributed by atoms with E-state index in [4.69, 9.17) is 15.2 Å². The Kier molecular flexibility index (Phi) is 9.27. The van der Waals surface area contributed by atoms with Gasteiger partial charge in [0, 0.05) is 30.5 Å². The molecule has 1 heterocycles. The van der Waals surface area contributed by atoms with Gasteiger partial charge in [0.15, 0.2) is 5.96 Å². The van der Waals surface area contributed by atoms with Crippen LogP contribution in [-0.4, -0.2) is 37.8 Å². The molecule has 120 valence electrons. The highest BCUT2D eigenvalue weighted by Gasteiger charge is 2.09. The van der Waals surface area contributed by atoms with Gasteiger partial charge in [-0.25, -0.2) is 4.99 Å². The summed E-state index contributed by atoms with van der Waals surface area (Å²) in [6.45, 7) is 6.91. The summed E-state index contributed by atoms with van der Waals surface area (Å²) in [5, 5.41) is 3.05. The molecule has 1 unspecified atom stereocenters. The van der Waals surface area contributed by atoms with Crippen LogP contribution in [0.5, 0.6) is 5.75 Å². The van der Waals surface area contributed by atoms with E-state index >= 15 is 0 Å². The number of nitrogens with zero attached hydrogens (tertiary/aromatic N) is 2. The molecule has 0 saturated carbocycles. The van der Waals surface area contributed by atoms with Crippen LogP contribution in [0.4, 0.5) is 0 Å². The van der Waals surface area contributed by atoms with Crippen LogP contribution in [0.15, 0.2) is 11.2 Å². The first-order valence-electron chi connectivity index (χ1n) is 6.54. The summed E-state index contributed by atoms with van der Waals surface area (Å²) in [6, 6.07) is 0.116. The van der Waals surface area contributed by atoms with Crippen molar-refractivity contribution in [2.75, 3.05) is 20.8 Å². The lowest BCUT2D eigenvalue weighted by Gasteiger charge is -2.14. The van der Waals surface area contributed by atoms with Crippen molar-refractivity contribution in [3.05, 3.63) is 23.0 Å². The number of guanidine groups is 1. The minimum Gasteiger partial charge on any atom is -0.496 e. The first-order valence-corrected chi connectivity index (χ1v) is 6.54. The van der Waals surface area contributed by atoms with Crippen molar-refractivity contribution < 1.29 is 9.47 Å². The average molecular weight is 408 g/mol. The van der Waals surface area contributed by atoms with E-state index in [1.807, 2.05) is 20.8 Å². The molecule has 0 aliphatic heterocycles. The SMILES string of the molecule is COCC(C)NC(N)=NCc1ncc(C)c(OC)c1C.I. The number of hydrogen-bond acceptors (Lipinski definition) is 4. The quantitative estimate of drug-likeness (QED) is 0.426. The van der Waals surface area contributed by atoms with Gasteiger partial charge >= 0.3 is 0 Å². The van der Waals surface area contributed by atoms with Crippen molar-refractivity contribution in [2.45, 2.75) is 33.4 Å².